The van der Waals surface area contributed by atoms with Crippen molar-refractivity contribution < 1.29 is 4.74 Å². The standard InChI is InChI=1S/C15H22ClNO/c1-3-15(4-2)10-17-9-14(18-11-15)12-6-5-7-13(16)8-12/h5-8,14,17H,3-4,9-11H2,1-2H3. The fourth-order valence-corrected chi connectivity index (χ4v) is 2.68. The Balaban J connectivity index is 2.09. The third kappa shape index (κ3) is 3.05. The number of ether oxygens (including phenoxy) is 1. The molecule has 1 atom stereocenters. The second-order valence-corrected chi connectivity index (χ2v) is 5.63. The van der Waals surface area contributed by atoms with Gasteiger partial charge in [0.05, 0.1) is 12.7 Å². The molecule has 0 aromatic heterocycles. The van der Waals surface area contributed by atoms with Crippen LogP contribution >= 0.6 is 11.6 Å². The molecule has 1 unspecified atom stereocenters. The topological polar surface area (TPSA) is 21.3 Å². The third-order valence-electron chi connectivity index (χ3n) is 4.14. The third-order valence-corrected chi connectivity index (χ3v) is 4.38. The van der Waals surface area contributed by atoms with Gasteiger partial charge in [-0.25, -0.2) is 0 Å². The molecule has 1 aromatic carbocycles. The van der Waals surface area contributed by atoms with E-state index < -0.39 is 0 Å². The smallest absolute Gasteiger partial charge is 0.0950 e. The molecular formula is C15H22ClNO. The quantitative estimate of drug-likeness (QED) is 0.899. The Morgan fingerprint density at radius 3 is 2.83 bits per heavy atom. The van der Waals surface area contributed by atoms with Gasteiger partial charge in [0, 0.05) is 23.5 Å². The lowest BCUT2D eigenvalue weighted by Gasteiger charge is -2.29. The molecule has 1 aromatic rings. The van der Waals surface area contributed by atoms with Gasteiger partial charge in [-0.15, -0.1) is 0 Å². The first kappa shape index (κ1) is 13.9. The van der Waals surface area contributed by atoms with E-state index in [1.807, 2.05) is 18.2 Å². The molecule has 1 fully saturated rings. The maximum absolute atomic E-state index is 6.12. The van der Waals surface area contributed by atoms with Crippen molar-refractivity contribution in [2.75, 3.05) is 19.7 Å². The summed E-state index contributed by atoms with van der Waals surface area (Å²) in [6.07, 6.45) is 2.42. The summed E-state index contributed by atoms with van der Waals surface area (Å²) < 4.78 is 6.12. The van der Waals surface area contributed by atoms with Crippen LogP contribution < -0.4 is 5.32 Å². The van der Waals surface area contributed by atoms with Gasteiger partial charge in [-0.2, -0.15) is 0 Å². The van der Waals surface area contributed by atoms with Gasteiger partial charge in [-0.1, -0.05) is 37.6 Å². The Morgan fingerprint density at radius 2 is 2.17 bits per heavy atom. The molecule has 1 heterocycles. The van der Waals surface area contributed by atoms with E-state index in [0.29, 0.717) is 0 Å². The first-order chi connectivity index (χ1) is 8.69. The van der Waals surface area contributed by atoms with Crippen LogP contribution in [0.3, 0.4) is 0 Å². The zero-order valence-electron chi connectivity index (χ0n) is 11.2. The van der Waals surface area contributed by atoms with Crippen LogP contribution in [0.25, 0.3) is 0 Å². The highest BCUT2D eigenvalue weighted by Crippen LogP contribution is 2.31. The van der Waals surface area contributed by atoms with E-state index in [9.17, 15) is 0 Å². The van der Waals surface area contributed by atoms with Crippen molar-refractivity contribution in [3.05, 3.63) is 34.9 Å². The minimum Gasteiger partial charge on any atom is -0.372 e. The average Bonchev–Trinajstić information content (AvgIpc) is 2.62. The zero-order valence-corrected chi connectivity index (χ0v) is 12.0. The van der Waals surface area contributed by atoms with Crippen molar-refractivity contribution in [3.63, 3.8) is 0 Å². The van der Waals surface area contributed by atoms with Crippen LogP contribution in [0.1, 0.15) is 38.4 Å². The molecule has 0 saturated carbocycles. The first-order valence-corrected chi connectivity index (χ1v) is 7.15. The van der Waals surface area contributed by atoms with Gasteiger partial charge in [-0.3, -0.25) is 0 Å². The van der Waals surface area contributed by atoms with E-state index in [0.717, 1.165) is 43.1 Å². The van der Waals surface area contributed by atoms with Crippen LogP contribution in [0.2, 0.25) is 5.02 Å². The van der Waals surface area contributed by atoms with Crippen LogP contribution in [0.5, 0.6) is 0 Å². The normalized spacial score (nSPS) is 23.6. The Hall–Kier alpha value is -0.570. The summed E-state index contributed by atoms with van der Waals surface area (Å²) >= 11 is 6.04. The van der Waals surface area contributed by atoms with E-state index >= 15 is 0 Å². The molecule has 1 N–H and O–H groups in total. The van der Waals surface area contributed by atoms with Crippen LogP contribution in [0, 0.1) is 5.41 Å². The maximum Gasteiger partial charge on any atom is 0.0950 e. The minimum atomic E-state index is 0.115. The van der Waals surface area contributed by atoms with Crippen molar-refractivity contribution in [1.82, 2.24) is 5.32 Å². The van der Waals surface area contributed by atoms with Gasteiger partial charge < -0.3 is 10.1 Å². The van der Waals surface area contributed by atoms with Crippen LogP contribution in [0.4, 0.5) is 0 Å². The molecule has 1 saturated heterocycles. The van der Waals surface area contributed by atoms with Crippen LogP contribution in [-0.4, -0.2) is 19.7 Å². The van der Waals surface area contributed by atoms with E-state index in [1.54, 1.807) is 0 Å². The van der Waals surface area contributed by atoms with Crippen molar-refractivity contribution in [3.8, 4) is 0 Å². The van der Waals surface area contributed by atoms with Crippen molar-refractivity contribution in [2.45, 2.75) is 32.8 Å². The van der Waals surface area contributed by atoms with Gasteiger partial charge in [0.1, 0.15) is 0 Å². The lowest BCUT2D eigenvalue weighted by atomic mass is 9.83. The molecular weight excluding hydrogens is 246 g/mol. The van der Waals surface area contributed by atoms with Gasteiger partial charge in [0.2, 0.25) is 0 Å². The molecule has 0 bridgehead atoms. The number of hydrogen-bond donors (Lipinski definition) is 1. The predicted molar refractivity (Wildman–Crippen MR) is 76.0 cm³/mol. The van der Waals surface area contributed by atoms with E-state index in [1.165, 1.54) is 0 Å². The highest BCUT2D eigenvalue weighted by molar-refractivity contribution is 6.30. The summed E-state index contributed by atoms with van der Waals surface area (Å²) in [5, 5.41) is 4.32. The van der Waals surface area contributed by atoms with Gasteiger partial charge in [-0.05, 0) is 30.5 Å². The molecule has 3 heteroatoms. The number of nitrogens with one attached hydrogen (secondary N) is 1. The number of benzene rings is 1. The molecule has 0 radical (unpaired) electrons. The SMILES string of the molecule is CCC1(CC)CNCC(c2cccc(Cl)c2)OC1. The molecule has 2 rings (SSSR count). The monoisotopic (exact) mass is 267 g/mol. The number of hydrogen-bond acceptors (Lipinski definition) is 2. The summed E-state index contributed by atoms with van der Waals surface area (Å²) in [5.74, 6) is 0. The molecule has 0 amide bonds. The highest BCUT2D eigenvalue weighted by Gasteiger charge is 2.31. The molecule has 1 aliphatic heterocycles. The maximum atomic E-state index is 6.12. The Kier molecular flexibility index (Phi) is 4.66. The summed E-state index contributed by atoms with van der Waals surface area (Å²) in [6.45, 7) is 7.21. The largest absolute Gasteiger partial charge is 0.372 e. The molecule has 1 aliphatic rings. The van der Waals surface area contributed by atoms with Crippen LogP contribution in [-0.2, 0) is 4.74 Å². The Bertz CT molecular complexity index is 390. The highest BCUT2D eigenvalue weighted by atomic mass is 35.5. The molecule has 0 aliphatic carbocycles. The van der Waals surface area contributed by atoms with Gasteiger partial charge in [0.25, 0.3) is 0 Å². The van der Waals surface area contributed by atoms with Crippen molar-refractivity contribution in [1.29, 1.82) is 0 Å². The van der Waals surface area contributed by atoms with Gasteiger partial charge >= 0.3 is 0 Å². The molecule has 0 spiro atoms. The van der Waals surface area contributed by atoms with E-state index in [4.69, 9.17) is 16.3 Å². The summed E-state index contributed by atoms with van der Waals surface area (Å²) in [4.78, 5) is 0. The lowest BCUT2D eigenvalue weighted by Crippen LogP contribution is -2.34. The summed E-state index contributed by atoms with van der Waals surface area (Å²) in [5.41, 5.74) is 1.45. The number of rotatable bonds is 3. The second kappa shape index (κ2) is 6.05. The van der Waals surface area contributed by atoms with Crippen LogP contribution in [0.15, 0.2) is 24.3 Å². The van der Waals surface area contributed by atoms with E-state index in [2.05, 4.69) is 25.2 Å². The summed E-state index contributed by atoms with van der Waals surface area (Å²) in [6, 6.07) is 7.97. The van der Waals surface area contributed by atoms with Crippen molar-refractivity contribution in [2.24, 2.45) is 5.41 Å². The zero-order chi connectivity index (χ0) is 13.0. The molecule has 18 heavy (non-hydrogen) atoms. The summed E-state index contributed by atoms with van der Waals surface area (Å²) in [7, 11) is 0. The fraction of sp³-hybridized carbons (Fsp3) is 0.600. The van der Waals surface area contributed by atoms with Crippen molar-refractivity contribution >= 4 is 11.6 Å². The lowest BCUT2D eigenvalue weighted by molar-refractivity contribution is 0.0103. The Morgan fingerprint density at radius 1 is 1.39 bits per heavy atom. The minimum absolute atomic E-state index is 0.115. The van der Waals surface area contributed by atoms with E-state index in [-0.39, 0.29) is 11.5 Å². The second-order valence-electron chi connectivity index (χ2n) is 5.19. The predicted octanol–water partition coefficient (Wildman–Crippen LogP) is 3.81. The Labute approximate surface area is 115 Å². The molecule has 2 nitrogen and oxygen atoms in total. The average molecular weight is 268 g/mol. The fourth-order valence-electron chi connectivity index (χ4n) is 2.48. The van der Waals surface area contributed by atoms with Gasteiger partial charge in [0.15, 0.2) is 0 Å². The first-order valence-electron chi connectivity index (χ1n) is 6.77. The number of halogens is 1. The molecule has 100 valence electrons.